The van der Waals surface area contributed by atoms with Crippen LogP contribution in [0.4, 0.5) is 0 Å². The number of esters is 1. The average molecular weight is 480 g/mol. The number of carbonyl (C=O) groups is 3. The summed E-state index contributed by atoms with van der Waals surface area (Å²) in [6.07, 6.45) is 14.1. The monoisotopic (exact) mass is 479 g/mol. The SMILES string of the molecule is N=Cc1cc(CCOC(=O)C2CCC(C=O)CC2)ccc1OC(=C1CCC1)C1CCC(C=O)CC1. The number of benzene rings is 1. The standard InChI is InChI=1S/C29H37NO5/c30-17-26-16-20(14-15-34-29(33)25-11-6-22(19-32)7-12-25)8-13-27(26)35-28(23-2-1-3-23)24-9-4-21(18-31)5-10-24/h8,13,16-19,21-22,24-25,30H,1-7,9-12,14-15H2. The molecule has 3 aliphatic carbocycles. The molecule has 0 aromatic heterocycles. The summed E-state index contributed by atoms with van der Waals surface area (Å²) >= 11 is 0. The van der Waals surface area contributed by atoms with E-state index in [1.807, 2.05) is 18.2 Å². The van der Waals surface area contributed by atoms with E-state index in [0.29, 0.717) is 24.7 Å². The van der Waals surface area contributed by atoms with Gasteiger partial charge in [-0.1, -0.05) is 6.07 Å². The molecule has 0 saturated heterocycles. The van der Waals surface area contributed by atoms with Crippen molar-refractivity contribution in [1.82, 2.24) is 0 Å². The third-order valence-electron chi connectivity index (χ3n) is 8.02. The van der Waals surface area contributed by atoms with Crippen LogP contribution >= 0.6 is 0 Å². The average Bonchev–Trinajstić information content (AvgIpc) is 2.88. The van der Waals surface area contributed by atoms with Gasteiger partial charge in [-0.15, -0.1) is 0 Å². The van der Waals surface area contributed by atoms with Crippen LogP contribution in [0.1, 0.15) is 81.8 Å². The maximum Gasteiger partial charge on any atom is 0.308 e. The molecule has 0 unspecified atom stereocenters. The lowest BCUT2D eigenvalue weighted by Crippen LogP contribution is -2.24. The van der Waals surface area contributed by atoms with Gasteiger partial charge in [0.25, 0.3) is 0 Å². The van der Waals surface area contributed by atoms with E-state index in [4.69, 9.17) is 14.9 Å². The van der Waals surface area contributed by atoms with Gasteiger partial charge < -0.3 is 24.5 Å². The van der Waals surface area contributed by atoms with E-state index in [1.54, 1.807) is 0 Å². The van der Waals surface area contributed by atoms with Gasteiger partial charge in [0.05, 0.1) is 12.5 Å². The van der Waals surface area contributed by atoms with Crippen molar-refractivity contribution in [2.24, 2.45) is 23.7 Å². The molecule has 3 fully saturated rings. The molecule has 0 radical (unpaired) electrons. The first-order valence-electron chi connectivity index (χ1n) is 13.2. The molecular formula is C29H37NO5. The fourth-order valence-electron chi connectivity index (χ4n) is 5.52. The van der Waals surface area contributed by atoms with Gasteiger partial charge in [0.15, 0.2) is 0 Å². The quantitative estimate of drug-likeness (QED) is 0.204. The number of hydrogen-bond donors (Lipinski definition) is 1. The van der Waals surface area contributed by atoms with Gasteiger partial charge in [-0.05, 0) is 93.9 Å². The van der Waals surface area contributed by atoms with Crippen LogP contribution in [0.25, 0.3) is 0 Å². The number of aldehydes is 2. The highest BCUT2D eigenvalue weighted by atomic mass is 16.5. The smallest absolute Gasteiger partial charge is 0.308 e. The maximum atomic E-state index is 12.4. The largest absolute Gasteiger partial charge is 0.465 e. The Kier molecular flexibility index (Phi) is 8.89. The first-order chi connectivity index (χ1) is 17.1. The fourth-order valence-corrected chi connectivity index (χ4v) is 5.52. The Hall–Kier alpha value is -2.76. The zero-order valence-corrected chi connectivity index (χ0v) is 20.5. The van der Waals surface area contributed by atoms with Crippen molar-refractivity contribution in [3.63, 3.8) is 0 Å². The number of nitrogens with one attached hydrogen (secondary N) is 1. The van der Waals surface area contributed by atoms with Gasteiger partial charge in [0.2, 0.25) is 0 Å². The highest BCUT2D eigenvalue weighted by Crippen LogP contribution is 2.40. The summed E-state index contributed by atoms with van der Waals surface area (Å²) < 4.78 is 12.0. The van der Waals surface area contributed by atoms with E-state index in [-0.39, 0.29) is 23.7 Å². The lowest BCUT2D eigenvalue weighted by atomic mass is 9.78. The molecule has 0 amide bonds. The molecule has 35 heavy (non-hydrogen) atoms. The van der Waals surface area contributed by atoms with Crippen molar-refractivity contribution in [2.45, 2.75) is 77.0 Å². The second-order valence-corrected chi connectivity index (χ2v) is 10.4. The highest BCUT2D eigenvalue weighted by molar-refractivity contribution is 5.81. The molecule has 1 aromatic carbocycles. The Balaban J connectivity index is 1.34. The van der Waals surface area contributed by atoms with Crippen molar-refractivity contribution in [3.05, 3.63) is 40.7 Å². The summed E-state index contributed by atoms with van der Waals surface area (Å²) in [5.74, 6) is 2.11. The summed E-state index contributed by atoms with van der Waals surface area (Å²) in [6.45, 7) is 0.305. The molecule has 188 valence electrons. The van der Waals surface area contributed by atoms with E-state index >= 15 is 0 Å². The van der Waals surface area contributed by atoms with Crippen LogP contribution in [0.15, 0.2) is 29.5 Å². The zero-order valence-electron chi connectivity index (χ0n) is 20.5. The minimum absolute atomic E-state index is 0.0890. The molecule has 0 aliphatic heterocycles. The maximum absolute atomic E-state index is 12.4. The number of rotatable bonds is 10. The molecule has 4 rings (SSSR count). The molecule has 0 atom stereocenters. The first kappa shape index (κ1) is 25.3. The van der Waals surface area contributed by atoms with E-state index in [9.17, 15) is 14.4 Å². The highest BCUT2D eigenvalue weighted by Gasteiger charge is 2.30. The minimum atomic E-state index is -0.164. The van der Waals surface area contributed by atoms with Crippen LogP contribution in [0.5, 0.6) is 5.75 Å². The molecule has 3 aliphatic rings. The Morgan fingerprint density at radius 3 is 2.09 bits per heavy atom. The van der Waals surface area contributed by atoms with Crippen LogP contribution in [0.3, 0.4) is 0 Å². The van der Waals surface area contributed by atoms with Crippen LogP contribution in [0.2, 0.25) is 0 Å². The van der Waals surface area contributed by atoms with Crippen molar-refractivity contribution in [3.8, 4) is 5.75 Å². The van der Waals surface area contributed by atoms with Crippen molar-refractivity contribution in [1.29, 1.82) is 5.41 Å². The van der Waals surface area contributed by atoms with Crippen molar-refractivity contribution < 1.29 is 23.9 Å². The van der Waals surface area contributed by atoms with Gasteiger partial charge in [-0.3, -0.25) is 4.79 Å². The molecule has 3 saturated carbocycles. The first-order valence-corrected chi connectivity index (χ1v) is 13.2. The van der Waals surface area contributed by atoms with E-state index in [1.165, 1.54) is 18.2 Å². The number of allylic oxidation sites excluding steroid dienone is 2. The summed E-state index contributed by atoms with van der Waals surface area (Å²) in [4.78, 5) is 34.4. The Labute approximate surface area is 208 Å². The topological polar surface area (TPSA) is 93.5 Å². The van der Waals surface area contributed by atoms with Crippen molar-refractivity contribution in [2.75, 3.05) is 6.61 Å². The second kappa shape index (κ2) is 12.3. The third-order valence-corrected chi connectivity index (χ3v) is 8.02. The molecule has 1 aromatic rings. The lowest BCUT2D eigenvalue weighted by molar-refractivity contribution is -0.150. The molecule has 0 bridgehead atoms. The third kappa shape index (κ3) is 6.47. The molecule has 0 heterocycles. The molecular weight excluding hydrogens is 442 g/mol. The van der Waals surface area contributed by atoms with Crippen LogP contribution in [0, 0.1) is 29.1 Å². The number of carbonyl (C=O) groups excluding carboxylic acids is 3. The lowest BCUT2D eigenvalue weighted by Gasteiger charge is -2.32. The number of hydrogen-bond acceptors (Lipinski definition) is 6. The summed E-state index contributed by atoms with van der Waals surface area (Å²) in [7, 11) is 0. The predicted octanol–water partition coefficient (Wildman–Crippen LogP) is 5.60. The summed E-state index contributed by atoms with van der Waals surface area (Å²) in [5, 5.41) is 7.93. The number of ether oxygens (including phenoxy) is 2. The van der Waals surface area contributed by atoms with E-state index in [0.717, 1.165) is 93.7 Å². The van der Waals surface area contributed by atoms with Gasteiger partial charge >= 0.3 is 5.97 Å². The summed E-state index contributed by atoms with van der Waals surface area (Å²) in [6, 6.07) is 5.85. The summed E-state index contributed by atoms with van der Waals surface area (Å²) in [5.41, 5.74) is 3.10. The molecule has 6 nitrogen and oxygen atoms in total. The van der Waals surface area contributed by atoms with Crippen LogP contribution in [-0.2, 0) is 25.5 Å². The van der Waals surface area contributed by atoms with Gasteiger partial charge in [-0.2, -0.15) is 0 Å². The molecule has 0 spiro atoms. The van der Waals surface area contributed by atoms with Gasteiger partial charge in [0.1, 0.15) is 24.1 Å². The Morgan fingerprint density at radius 1 is 0.914 bits per heavy atom. The zero-order chi connectivity index (χ0) is 24.6. The Morgan fingerprint density at radius 2 is 1.54 bits per heavy atom. The Bertz CT molecular complexity index is 946. The predicted molar refractivity (Wildman–Crippen MR) is 134 cm³/mol. The molecule has 6 heteroatoms. The molecule has 1 N–H and O–H groups in total. The van der Waals surface area contributed by atoms with Crippen LogP contribution < -0.4 is 4.74 Å². The minimum Gasteiger partial charge on any atom is -0.465 e. The normalized spacial score (nSPS) is 26.2. The fraction of sp³-hybridized carbons (Fsp3) is 0.586. The van der Waals surface area contributed by atoms with Crippen LogP contribution in [-0.4, -0.2) is 31.4 Å². The van der Waals surface area contributed by atoms with E-state index in [2.05, 4.69) is 0 Å². The van der Waals surface area contributed by atoms with Crippen molar-refractivity contribution >= 4 is 24.8 Å². The van der Waals surface area contributed by atoms with Gasteiger partial charge in [0, 0.05) is 36.0 Å². The van der Waals surface area contributed by atoms with E-state index < -0.39 is 0 Å². The second-order valence-electron chi connectivity index (χ2n) is 10.4. The van der Waals surface area contributed by atoms with Gasteiger partial charge in [-0.25, -0.2) is 0 Å².